The summed E-state index contributed by atoms with van der Waals surface area (Å²) < 4.78 is 12.6. The molecule has 1 saturated heterocycles. The van der Waals surface area contributed by atoms with E-state index in [1.54, 1.807) is 25.2 Å². The molecule has 0 radical (unpaired) electrons. The molecule has 1 aromatic carbocycles. The molecule has 3 heterocycles. The van der Waals surface area contributed by atoms with Gasteiger partial charge in [-0.3, -0.25) is 0 Å². The number of rotatable bonds is 6. The highest BCUT2D eigenvalue weighted by atomic mass is 32.2. The van der Waals surface area contributed by atoms with Crippen LogP contribution in [-0.2, 0) is 17.0 Å². The van der Waals surface area contributed by atoms with Gasteiger partial charge in [-0.25, -0.2) is 15.0 Å². The molecule has 4 rings (SSSR count). The highest BCUT2D eigenvalue weighted by Crippen LogP contribution is 2.28. The first-order chi connectivity index (χ1) is 13.8. The molecule has 0 aliphatic carbocycles. The number of thioether (sulfide) groups is 1. The normalized spacial score (nSPS) is 14.2. The minimum Gasteiger partial charge on any atom is -0.497 e. The standard InChI is InChI=1S/C20H21N5O2S/c1-3-8-25-14-21-17-18(24-9-11-27-12-10-24)22-20(23-19(17)25)28-13-15-4-6-16(26-2)7-5-15/h1,4-7,14H,8-13H2,2H3. The lowest BCUT2D eigenvalue weighted by Crippen LogP contribution is -2.37. The molecule has 0 spiro atoms. The van der Waals surface area contributed by atoms with Crippen molar-refractivity contribution >= 4 is 28.7 Å². The van der Waals surface area contributed by atoms with Crippen LogP contribution in [0, 0.1) is 12.3 Å². The third kappa shape index (κ3) is 3.91. The number of fused-ring (bicyclic) bond motifs is 1. The number of ether oxygens (including phenoxy) is 2. The van der Waals surface area contributed by atoms with Gasteiger partial charge in [0.05, 0.1) is 33.2 Å². The van der Waals surface area contributed by atoms with Gasteiger partial charge in [0.2, 0.25) is 0 Å². The van der Waals surface area contributed by atoms with Crippen LogP contribution < -0.4 is 9.64 Å². The van der Waals surface area contributed by atoms with Crippen molar-refractivity contribution in [3.05, 3.63) is 36.2 Å². The Labute approximate surface area is 168 Å². The van der Waals surface area contributed by atoms with Crippen LogP contribution in [0.3, 0.4) is 0 Å². The molecule has 8 heteroatoms. The Balaban J connectivity index is 1.64. The van der Waals surface area contributed by atoms with E-state index in [4.69, 9.17) is 25.9 Å². The summed E-state index contributed by atoms with van der Waals surface area (Å²) in [6, 6.07) is 8.02. The molecule has 0 unspecified atom stereocenters. The summed E-state index contributed by atoms with van der Waals surface area (Å²) in [5.41, 5.74) is 2.73. The summed E-state index contributed by atoms with van der Waals surface area (Å²) in [4.78, 5) is 16.3. The fraction of sp³-hybridized carbons (Fsp3) is 0.350. The number of morpholine rings is 1. The Morgan fingerprint density at radius 1 is 1.21 bits per heavy atom. The second-order valence-electron chi connectivity index (χ2n) is 6.31. The number of nitrogens with zero attached hydrogens (tertiary/aromatic N) is 5. The summed E-state index contributed by atoms with van der Waals surface area (Å²) in [6.45, 7) is 3.38. The van der Waals surface area contributed by atoms with Gasteiger partial charge in [-0.15, -0.1) is 6.42 Å². The van der Waals surface area contributed by atoms with Crippen molar-refractivity contribution in [1.29, 1.82) is 0 Å². The van der Waals surface area contributed by atoms with Crippen LogP contribution in [0.1, 0.15) is 5.56 Å². The van der Waals surface area contributed by atoms with E-state index in [9.17, 15) is 0 Å². The molecule has 1 aliphatic heterocycles. The second kappa shape index (κ2) is 8.50. The monoisotopic (exact) mass is 395 g/mol. The van der Waals surface area contributed by atoms with Crippen LogP contribution in [-0.4, -0.2) is 52.9 Å². The maximum Gasteiger partial charge on any atom is 0.191 e. The Morgan fingerprint density at radius 3 is 2.71 bits per heavy atom. The first kappa shape index (κ1) is 18.6. The Kier molecular flexibility index (Phi) is 5.65. The largest absolute Gasteiger partial charge is 0.497 e. The molecule has 1 aliphatic rings. The van der Waals surface area contributed by atoms with Gasteiger partial charge in [-0.1, -0.05) is 29.8 Å². The molecular weight excluding hydrogens is 374 g/mol. The average Bonchev–Trinajstić information content (AvgIpc) is 3.16. The van der Waals surface area contributed by atoms with Gasteiger partial charge in [0, 0.05) is 18.8 Å². The van der Waals surface area contributed by atoms with Gasteiger partial charge in [-0.05, 0) is 17.7 Å². The van der Waals surface area contributed by atoms with Crippen molar-refractivity contribution in [2.75, 3.05) is 38.3 Å². The van der Waals surface area contributed by atoms with E-state index in [2.05, 4.69) is 27.9 Å². The van der Waals surface area contributed by atoms with Gasteiger partial charge >= 0.3 is 0 Å². The van der Waals surface area contributed by atoms with Crippen LogP contribution >= 0.6 is 11.8 Å². The van der Waals surface area contributed by atoms with E-state index in [0.29, 0.717) is 24.9 Å². The Morgan fingerprint density at radius 2 is 2.00 bits per heavy atom. The van der Waals surface area contributed by atoms with Crippen molar-refractivity contribution in [1.82, 2.24) is 19.5 Å². The van der Waals surface area contributed by atoms with Crippen molar-refractivity contribution in [2.45, 2.75) is 17.5 Å². The molecule has 0 bridgehead atoms. The maximum atomic E-state index is 5.50. The number of benzene rings is 1. The molecule has 2 aromatic heterocycles. The quantitative estimate of drug-likeness (QED) is 0.361. The van der Waals surface area contributed by atoms with Gasteiger partial charge < -0.3 is 18.9 Å². The lowest BCUT2D eigenvalue weighted by Gasteiger charge is -2.28. The van der Waals surface area contributed by atoms with Gasteiger partial charge in [0.1, 0.15) is 5.75 Å². The smallest absolute Gasteiger partial charge is 0.191 e. The molecule has 0 saturated carbocycles. The van der Waals surface area contributed by atoms with Gasteiger partial charge in [0.15, 0.2) is 22.1 Å². The minimum atomic E-state index is 0.429. The summed E-state index contributed by atoms with van der Waals surface area (Å²) in [7, 11) is 1.67. The van der Waals surface area contributed by atoms with Crippen LogP contribution in [0.2, 0.25) is 0 Å². The van der Waals surface area contributed by atoms with Crippen molar-refractivity contribution < 1.29 is 9.47 Å². The van der Waals surface area contributed by atoms with Crippen LogP contribution in [0.5, 0.6) is 5.75 Å². The zero-order valence-corrected chi connectivity index (χ0v) is 16.5. The molecule has 144 valence electrons. The molecule has 0 amide bonds. The highest BCUT2D eigenvalue weighted by molar-refractivity contribution is 7.98. The summed E-state index contributed by atoms with van der Waals surface area (Å²) in [5.74, 6) is 5.12. The molecule has 28 heavy (non-hydrogen) atoms. The molecule has 0 N–H and O–H groups in total. The third-order valence-corrected chi connectivity index (χ3v) is 5.44. The number of terminal acetylenes is 1. The fourth-order valence-corrected chi connectivity index (χ4v) is 3.84. The SMILES string of the molecule is C#CCn1cnc2c(N3CCOCC3)nc(SCc3ccc(OC)cc3)nc21. The van der Waals surface area contributed by atoms with E-state index in [1.807, 2.05) is 16.7 Å². The summed E-state index contributed by atoms with van der Waals surface area (Å²) in [6.07, 6.45) is 7.24. The lowest BCUT2D eigenvalue weighted by atomic mass is 10.2. The summed E-state index contributed by atoms with van der Waals surface area (Å²) in [5, 5.41) is 0.712. The third-order valence-electron chi connectivity index (χ3n) is 4.52. The second-order valence-corrected chi connectivity index (χ2v) is 7.26. The van der Waals surface area contributed by atoms with Crippen molar-refractivity contribution in [2.24, 2.45) is 0 Å². The number of hydrogen-bond donors (Lipinski definition) is 0. The minimum absolute atomic E-state index is 0.429. The van der Waals surface area contributed by atoms with Crippen LogP contribution in [0.15, 0.2) is 35.7 Å². The zero-order valence-electron chi connectivity index (χ0n) is 15.7. The lowest BCUT2D eigenvalue weighted by molar-refractivity contribution is 0.122. The predicted molar refractivity (Wildman–Crippen MR) is 110 cm³/mol. The van der Waals surface area contributed by atoms with Gasteiger partial charge in [0.25, 0.3) is 0 Å². The molecule has 1 fully saturated rings. The number of anilines is 1. The van der Waals surface area contributed by atoms with Gasteiger partial charge in [-0.2, -0.15) is 0 Å². The molecule has 7 nitrogen and oxygen atoms in total. The molecule has 3 aromatic rings. The maximum absolute atomic E-state index is 5.50. The molecule has 0 atom stereocenters. The Hall–Kier alpha value is -2.76. The number of imidazole rings is 1. The predicted octanol–water partition coefficient (Wildman–Crippen LogP) is 2.60. The van der Waals surface area contributed by atoms with Crippen molar-refractivity contribution in [3.63, 3.8) is 0 Å². The topological polar surface area (TPSA) is 65.3 Å². The van der Waals surface area contributed by atoms with Crippen LogP contribution in [0.4, 0.5) is 5.82 Å². The average molecular weight is 395 g/mol. The van der Waals surface area contributed by atoms with Crippen molar-refractivity contribution in [3.8, 4) is 18.1 Å². The van der Waals surface area contributed by atoms with E-state index in [-0.39, 0.29) is 0 Å². The Bertz CT molecular complexity index is 990. The van der Waals surface area contributed by atoms with E-state index in [1.165, 1.54) is 5.56 Å². The van der Waals surface area contributed by atoms with Crippen LogP contribution in [0.25, 0.3) is 11.2 Å². The molecular formula is C20H21N5O2S. The van der Waals surface area contributed by atoms with E-state index in [0.717, 1.165) is 41.6 Å². The number of aromatic nitrogens is 4. The highest BCUT2D eigenvalue weighted by Gasteiger charge is 2.20. The number of hydrogen-bond acceptors (Lipinski definition) is 7. The van der Waals surface area contributed by atoms with E-state index >= 15 is 0 Å². The fourth-order valence-electron chi connectivity index (χ4n) is 3.05. The zero-order chi connectivity index (χ0) is 19.3. The first-order valence-corrected chi connectivity index (χ1v) is 10.0. The van der Waals surface area contributed by atoms with E-state index < -0.39 is 0 Å². The first-order valence-electron chi connectivity index (χ1n) is 9.03. The number of methoxy groups -OCH3 is 1. The summed E-state index contributed by atoms with van der Waals surface area (Å²) >= 11 is 1.60.